The fourth-order valence-electron chi connectivity index (χ4n) is 2.66. The Bertz CT molecular complexity index is 384. The molecule has 8 N–H and O–H groups in total. The first kappa shape index (κ1) is 29.1. The molecule has 154 valence electrons. The summed E-state index contributed by atoms with van der Waals surface area (Å²) in [6.07, 6.45) is 17.5. The van der Waals surface area contributed by atoms with E-state index in [-0.39, 0.29) is 25.1 Å². The summed E-state index contributed by atoms with van der Waals surface area (Å²) in [5, 5.41) is 20.6. The van der Waals surface area contributed by atoms with Gasteiger partial charge in [-0.3, -0.25) is 0 Å². The Morgan fingerprint density at radius 3 is 1.77 bits per heavy atom. The molecular formula is C20H40N2O4. The van der Waals surface area contributed by atoms with Crippen molar-refractivity contribution in [2.75, 3.05) is 0 Å². The van der Waals surface area contributed by atoms with Crippen LogP contribution in [0.3, 0.4) is 0 Å². The summed E-state index contributed by atoms with van der Waals surface area (Å²) in [6, 6.07) is 0. The average molecular weight is 373 g/mol. The monoisotopic (exact) mass is 372 g/mol. The van der Waals surface area contributed by atoms with E-state index in [9.17, 15) is 19.8 Å². The first-order chi connectivity index (χ1) is 11.6. The quantitative estimate of drug-likeness (QED) is 0.295. The number of carboxylic acid groups (broad SMARTS) is 2. The summed E-state index contributed by atoms with van der Waals surface area (Å²) in [7, 11) is 0. The minimum Gasteiger partial charge on any atom is -0.550 e. The van der Waals surface area contributed by atoms with Gasteiger partial charge in [0.15, 0.2) is 0 Å². The molecule has 0 heterocycles. The van der Waals surface area contributed by atoms with E-state index < -0.39 is 11.9 Å². The normalized spacial score (nSPS) is 11.4. The second-order valence-corrected chi connectivity index (χ2v) is 6.34. The molecule has 0 aromatic heterocycles. The molecule has 0 bridgehead atoms. The van der Waals surface area contributed by atoms with Crippen molar-refractivity contribution in [2.45, 2.75) is 83.5 Å². The van der Waals surface area contributed by atoms with E-state index in [4.69, 9.17) is 0 Å². The fourth-order valence-corrected chi connectivity index (χ4v) is 2.66. The predicted molar refractivity (Wildman–Crippen MR) is 105 cm³/mol. The highest BCUT2D eigenvalue weighted by atomic mass is 16.4. The van der Waals surface area contributed by atoms with Gasteiger partial charge < -0.3 is 32.1 Å². The van der Waals surface area contributed by atoms with Gasteiger partial charge in [-0.15, -0.1) is 6.58 Å². The summed E-state index contributed by atoms with van der Waals surface area (Å²) >= 11 is 0. The molecule has 0 aromatic carbocycles. The first-order valence-electron chi connectivity index (χ1n) is 9.23. The number of carboxylic acids is 2. The Labute approximate surface area is 158 Å². The summed E-state index contributed by atoms with van der Waals surface area (Å²) in [5.74, 6) is -1.41. The predicted octanol–water partition coefficient (Wildman–Crippen LogP) is 3.67. The fraction of sp³-hybridized carbons (Fsp3) is 0.700. The highest BCUT2D eigenvalue weighted by molar-refractivity contribution is 5.64. The SMILES string of the molecule is C=CC(CCC=CCCCCCCC(=O)[O-])CCCCCC(=O)[O-].[NH4+].[NH4+]. The molecule has 0 saturated carbocycles. The summed E-state index contributed by atoms with van der Waals surface area (Å²) in [4.78, 5) is 20.6. The van der Waals surface area contributed by atoms with Crippen molar-refractivity contribution >= 4 is 11.9 Å². The number of aliphatic carboxylic acids is 2. The van der Waals surface area contributed by atoms with Gasteiger partial charge in [0.25, 0.3) is 0 Å². The number of hydrogen-bond donors (Lipinski definition) is 2. The Balaban J connectivity index is -0.00000264. The summed E-state index contributed by atoms with van der Waals surface area (Å²) in [5.41, 5.74) is 0. The van der Waals surface area contributed by atoms with Crippen LogP contribution >= 0.6 is 0 Å². The Kier molecular flexibility index (Phi) is 23.9. The van der Waals surface area contributed by atoms with Gasteiger partial charge in [-0.2, -0.15) is 0 Å². The van der Waals surface area contributed by atoms with Crippen molar-refractivity contribution in [3.8, 4) is 0 Å². The van der Waals surface area contributed by atoms with E-state index in [1.807, 2.05) is 6.08 Å². The van der Waals surface area contributed by atoms with Crippen LogP contribution < -0.4 is 22.5 Å². The van der Waals surface area contributed by atoms with Crippen LogP contribution in [0.1, 0.15) is 83.5 Å². The molecule has 0 saturated heterocycles. The Hall–Kier alpha value is -1.66. The Morgan fingerprint density at radius 2 is 1.23 bits per heavy atom. The number of allylic oxidation sites excluding steroid dienone is 3. The van der Waals surface area contributed by atoms with Crippen LogP contribution in [-0.2, 0) is 9.59 Å². The Morgan fingerprint density at radius 1 is 0.731 bits per heavy atom. The van der Waals surface area contributed by atoms with Crippen LogP contribution in [-0.4, -0.2) is 11.9 Å². The van der Waals surface area contributed by atoms with Gasteiger partial charge in [-0.1, -0.05) is 43.9 Å². The van der Waals surface area contributed by atoms with Gasteiger partial charge in [-0.25, -0.2) is 0 Å². The lowest BCUT2D eigenvalue weighted by Gasteiger charge is -2.11. The third-order valence-corrected chi connectivity index (χ3v) is 4.16. The molecule has 0 aromatic rings. The summed E-state index contributed by atoms with van der Waals surface area (Å²) < 4.78 is 0. The van der Waals surface area contributed by atoms with Crippen LogP contribution in [0.5, 0.6) is 0 Å². The molecule has 0 radical (unpaired) electrons. The van der Waals surface area contributed by atoms with Gasteiger partial charge in [0.05, 0.1) is 0 Å². The second kappa shape index (κ2) is 21.4. The molecule has 0 fully saturated rings. The second-order valence-electron chi connectivity index (χ2n) is 6.34. The molecule has 0 aliphatic rings. The van der Waals surface area contributed by atoms with E-state index in [0.717, 1.165) is 64.2 Å². The zero-order valence-corrected chi connectivity index (χ0v) is 16.8. The number of hydrogen-bond acceptors (Lipinski definition) is 4. The largest absolute Gasteiger partial charge is 0.550 e. The lowest BCUT2D eigenvalue weighted by Crippen LogP contribution is -2.21. The minimum atomic E-state index is -0.959. The maximum atomic E-state index is 10.3. The van der Waals surface area contributed by atoms with Crippen LogP contribution in [0.4, 0.5) is 0 Å². The highest BCUT2D eigenvalue weighted by Gasteiger charge is 2.02. The maximum Gasteiger partial charge on any atom is 0.0414 e. The van der Waals surface area contributed by atoms with E-state index in [1.54, 1.807) is 0 Å². The smallest absolute Gasteiger partial charge is 0.0414 e. The molecular weight excluding hydrogens is 332 g/mol. The number of rotatable bonds is 17. The van der Waals surface area contributed by atoms with Crippen LogP contribution in [0.2, 0.25) is 0 Å². The number of quaternary nitrogens is 2. The molecule has 1 unspecified atom stereocenters. The van der Waals surface area contributed by atoms with Crippen molar-refractivity contribution in [3.05, 3.63) is 24.8 Å². The average Bonchev–Trinajstić information content (AvgIpc) is 2.53. The van der Waals surface area contributed by atoms with Crippen molar-refractivity contribution in [1.29, 1.82) is 0 Å². The van der Waals surface area contributed by atoms with E-state index in [0.29, 0.717) is 12.3 Å². The van der Waals surface area contributed by atoms with E-state index >= 15 is 0 Å². The molecule has 0 amide bonds. The zero-order chi connectivity index (χ0) is 18.0. The van der Waals surface area contributed by atoms with E-state index in [2.05, 4.69) is 18.7 Å². The minimum absolute atomic E-state index is 0. The standard InChI is InChI=1S/C20H34O4.2H3N/c1-2-18(15-11-9-13-17-20(23)24)14-10-7-5-3-4-6-8-12-16-19(21)22;;/h2,5,7,18H,1,3-4,6,8-17H2,(H,21,22)(H,23,24);2*1H3. The van der Waals surface area contributed by atoms with Crippen molar-refractivity contribution in [3.63, 3.8) is 0 Å². The summed E-state index contributed by atoms with van der Waals surface area (Å²) in [6.45, 7) is 3.88. The van der Waals surface area contributed by atoms with Gasteiger partial charge in [0.2, 0.25) is 0 Å². The van der Waals surface area contributed by atoms with Crippen LogP contribution in [0.15, 0.2) is 24.8 Å². The highest BCUT2D eigenvalue weighted by Crippen LogP contribution is 2.17. The zero-order valence-electron chi connectivity index (χ0n) is 16.8. The van der Waals surface area contributed by atoms with Gasteiger partial charge >= 0.3 is 0 Å². The number of unbranched alkanes of at least 4 members (excludes halogenated alkanes) is 6. The number of carbonyl (C=O) groups is 2. The van der Waals surface area contributed by atoms with Gasteiger partial charge in [0, 0.05) is 11.9 Å². The van der Waals surface area contributed by atoms with Crippen molar-refractivity contribution in [2.24, 2.45) is 5.92 Å². The molecule has 26 heavy (non-hydrogen) atoms. The first-order valence-corrected chi connectivity index (χ1v) is 9.23. The number of carbonyl (C=O) groups excluding carboxylic acids is 2. The van der Waals surface area contributed by atoms with Crippen LogP contribution in [0, 0.1) is 5.92 Å². The van der Waals surface area contributed by atoms with Crippen molar-refractivity contribution < 1.29 is 19.8 Å². The van der Waals surface area contributed by atoms with E-state index in [1.165, 1.54) is 0 Å². The van der Waals surface area contributed by atoms with Crippen LogP contribution in [0.25, 0.3) is 0 Å². The molecule has 6 nitrogen and oxygen atoms in total. The third-order valence-electron chi connectivity index (χ3n) is 4.16. The molecule has 0 rings (SSSR count). The third kappa shape index (κ3) is 22.3. The topological polar surface area (TPSA) is 153 Å². The molecule has 6 heteroatoms. The maximum absolute atomic E-state index is 10.3. The molecule has 0 aliphatic heterocycles. The molecule has 1 atom stereocenters. The van der Waals surface area contributed by atoms with Crippen molar-refractivity contribution in [1.82, 2.24) is 12.3 Å². The van der Waals surface area contributed by atoms with Gasteiger partial charge in [-0.05, 0) is 63.7 Å². The molecule has 0 aliphatic carbocycles. The van der Waals surface area contributed by atoms with Gasteiger partial charge in [0.1, 0.15) is 0 Å². The molecule has 0 spiro atoms. The lowest BCUT2D eigenvalue weighted by atomic mass is 9.96. The lowest BCUT2D eigenvalue weighted by molar-refractivity contribution is -0.307.